The number of carbonyl (C=O) groups excluding carboxylic acids is 1. The third kappa shape index (κ3) is 2.33. The van der Waals surface area contributed by atoms with Gasteiger partial charge in [-0.2, -0.15) is 0 Å². The van der Waals surface area contributed by atoms with Gasteiger partial charge >= 0.3 is 0 Å². The average Bonchev–Trinajstić information content (AvgIpc) is 2.91. The Kier molecular flexibility index (Phi) is 3.66. The molecule has 3 heteroatoms. The quantitative estimate of drug-likeness (QED) is 0.751. The Morgan fingerprint density at radius 2 is 1.50 bits per heavy atom. The highest BCUT2D eigenvalue weighted by Gasteiger charge is 2.45. The van der Waals surface area contributed by atoms with E-state index in [4.69, 9.17) is 0 Å². The molecule has 1 heterocycles. The SMILES string of the molecule is Cc1ccccc1S[C@@]1(c2ccccc2)NC(=O)c2ccccc21. The number of nitrogens with one attached hydrogen (secondary N) is 1. The van der Waals surface area contributed by atoms with Crippen molar-refractivity contribution in [2.75, 3.05) is 0 Å². The number of hydrogen-bond acceptors (Lipinski definition) is 2. The predicted molar refractivity (Wildman–Crippen MR) is 98.2 cm³/mol. The lowest BCUT2D eigenvalue weighted by Gasteiger charge is -2.31. The molecule has 0 fully saturated rings. The Bertz CT molecular complexity index is 906. The molecule has 3 aromatic carbocycles. The van der Waals surface area contributed by atoms with Gasteiger partial charge in [0.15, 0.2) is 0 Å². The summed E-state index contributed by atoms with van der Waals surface area (Å²) in [7, 11) is 0. The first-order valence-corrected chi connectivity index (χ1v) is 8.74. The second kappa shape index (κ2) is 5.84. The van der Waals surface area contributed by atoms with Gasteiger partial charge in [0, 0.05) is 16.0 Å². The van der Waals surface area contributed by atoms with E-state index in [9.17, 15) is 4.79 Å². The van der Waals surface area contributed by atoms with E-state index in [1.54, 1.807) is 11.8 Å². The van der Waals surface area contributed by atoms with E-state index in [-0.39, 0.29) is 5.91 Å². The van der Waals surface area contributed by atoms with Gasteiger partial charge in [0.05, 0.1) is 0 Å². The van der Waals surface area contributed by atoms with E-state index in [1.165, 1.54) is 10.5 Å². The largest absolute Gasteiger partial charge is 0.329 e. The van der Waals surface area contributed by atoms with Crippen LogP contribution in [0.15, 0.2) is 83.8 Å². The molecule has 0 radical (unpaired) electrons. The molecule has 0 aromatic heterocycles. The lowest BCUT2D eigenvalue weighted by Crippen LogP contribution is -2.37. The van der Waals surface area contributed by atoms with Crippen LogP contribution >= 0.6 is 11.8 Å². The van der Waals surface area contributed by atoms with E-state index >= 15 is 0 Å². The first-order valence-electron chi connectivity index (χ1n) is 7.93. The molecule has 0 spiro atoms. The molecule has 118 valence electrons. The molecule has 1 atom stereocenters. The van der Waals surface area contributed by atoms with E-state index in [2.05, 4.69) is 36.5 Å². The molecule has 4 rings (SSSR count). The number of rotatable bonds is 3. The van der Waals surface area contributed by atoms with Crippen LogP contribution in [0.3, 0.4) is 0 Å². The van der Waals surface area contributed by atoms with E-state index < -0.39 is 4.87 Å². The highest BCUT2D eigenvalue weighted by molar-refractivity contribution is 8.00. The average molecular weight is 331 g/mol. The number of thioether (sulfide) groups is 1. The normalized spacial score (nSPS) is 19.0. The van der Waals surface area contributed by atoms with Crippen molar-refractivity contribution in [3.05, 3.63) is 101 Å². The van der Waals surface area contributed by atoms with Crippen molar-refractivity contribution in [1.82, 2.24) is 5.32 Å². The van der Waals surface area contributed by atoms with Crippen LogP contribution in [0.1, 0.15) is 27.0 Å². The summed E-state index contributed by atoms with van der Waals surface area (Å²) in [6.07, 6.45) is 0. The first-order chi connectivity index (χ1) is 11.7. The van der Waals surface area contributed by atoms with Crippen LogP contribution in [0.5, 0.6) is 0 Å². The molecule has 24 heavy (non-hydrogen) atoms. The van der Waals surface area contributed by atoms with Crippen molar-refractivity contribution in [2.24, 2.45) is 0 Å². The smallest absolute Gasteiger partial charge is 0.253 e. The van der Waals surface area contributed by atoms with Crippen molar-refractivity contribution in [1.29, 1.82) is 0 Å². The molecule has 0 aliphatic carbocycles. The van der Waals surface area contributed by atoms with Crippen LogP contribution in [0.25, 0.3) is 0 Å². The number of aryl methyl sites for hydroxylation is 1. The Balaban J connectivity index is 1.93. The summed E-state index contributed by atoms with van der Waals surface area (Å²) in [5.41, 5.74) is 4.06. The summed E-state index contributed by atoms with van der Waals surface area (Å²) in [5, 5.41) is 3.25. The number of fused-ring (bicyclic) bond motifs is 1. The molecule has 1 aliphatic rings. The second-order valence-electron chi connectivity index (χ2n) is 5.91. The van der Waals surface area contributed by atoms with Gasteiger partial charge in [-0.05, 0) is 30.2 Å². The van der Waals surface area contributed by atoms with Crippen LogP contribution in [-0.2, 0) is 4.87 Å². The zero-order valence-electron chi connectivity index (χ0n) is 13.3. The molecule has 1 N–H and O–H groups in total. The second-order valence-corrected chi connectivity index (χ2v) is 7.17. The Morgan fingerprint density at radius 1 is 0.833 bits per heavy atom. The molecular weight excluding hydrogens is 314 g/mol. The first kappa shape index (κ1) is 15.0. The fourth-order valence-corrected chi connectivity index (χ4v) is 4.55. The Labute approximate surface area is 145 Å². The van der Waals surface area contributed by atoms with Gasteiger partial charge in [0.1, 0.15) is 4.87 Å². The lowest BCUT2D eigenvalue weighted by atomic mass is 9.98. The standard InChI is InChI=1S/C21H17NOS/c1-15-9-5-8-14-19(15)24-21(16-10-3-2-4-11-16)18-13-7-6-12-17(18)20(23)22-21/h2-14H,1H3,(H,22,23)/t21-/m1/s1. The van der Waals surface area contributed by atoms with Crippen LogP contribution in [0, 0.1) is 6.92 Å². The van der Waals surface area contributed by atoms with Crippen molar-refractivity contribution in [2.45, 2.75) is 16.7 Å². The molecule has 1 aliphatic heterocycles. The topological polar surface area (TPSA) is 29.1 Å². The molecule has 3 aromatic rings. The minimum atomic E-state index is -0.596. The fourth-order valence-electron chi connectivity index (χ4n) is 3.16. The summed E-state index contributed by atoms with van der Waals surface area (Å²) >= 11 is 1.69. The van der Waals surface area contributed by atoms with Crippen LogP contribution in [0.2, 0.25) is 0 Å². The lowest BCUT2D eigenvalue weighted by molar-refractivity contribution is 0.0956. The third-order valence-electron chi connectivity index (χ3n) is 4.38. The summed E-state index contributed by atoms with van der Waals surface area (Å²) in [5.74, 6) is -0.0180. The fraction of sp³-hybridized carbons (Fsp3) is 0.0952. The molecule has 1 amide bonds. The molecule has 0 saturated carbocycles. The Hall–Kier alpha value is -2.52. The maximum atomic E-state index is 12.6. The summed E-state index contributed by atoms with van der Waals surface area (Å²) in [6, 6.07) is 26.3. The zero-order valence-corrected chi connectivity index (χ0v) is 14.1. The van der Waals surface area contributed by atoms with Gasteiger partial charge in [0.25, 0.3) is 5.91 Å². The Morgan fingerprint density at radius 3 is 2.29 bits per heavy atom. The van der Waals surface area contributed by atoms with Crippen LogP contribution in [-0.4, -0.2) is 5.91 Å². The van der Waals surface area contributed by atoms with Gasteiger partial charge in [-0.15, -0.1) is 0 Å². The van der Waals surface area contributed by atoms with Crippen molar-refractivity contribution in [3.63, 3.8) is 0 Å². The number of hydrogen-bond donors (Lipinski definition) is 1. The van der Waals surface area contributed by atoms with E-state index in [0.717, 1.165) is 16.7 Å². The van der Waals surface area contributed by atoms with Crippen molar-refractivity contribution < 1.29 is 4.79 Å². The molecular formula is C21H17NOS. The van der Waals surface area contributed by atoms with E-state index in [0.29, 0.717) is 0 Å². The monoisotopic (exact) mass is 331 g/mol. The predicted octanol–water partition coefficient (Wildman–Crippen LogP) is 4.73. The van der Waals surface area contributed by atoms with Crippen molar-refractivity contribution in [3.8, 4) is 0 Å². The zero-order chi connectivity index (χ0) is 16.6. The highest BCUT2D eigenvalue weighted by Crippen LogP contribution is 2.49. The molecule has 0 saturated heterocycles. The van der Waals surface area contributed by atoms with Crippen molar-refractivity contribution >= 4 is 17.7 Å². The van der Waals surface area contributed by atoms with Gasteiger partial charge in [-0.1, -0.05) is 78.5 Å². The van der Waals surface area contributed by atoms with Gasteiger partial charge in [-0.3, -0.25) is 4.79 Å². The molecule has 2 nitrogen and oxygen atoms in total. The summed E-state index contributed by atoms with van der Waals surface area (Å²) in [4.78, 5) is 13.2. The number of benzene rings is 3. The minimum absolute atomic E-state index is 0.0180. The molecule has 0 bridgehead atoms. The van der Waals surface area contributed by atoms with Gasteiger partial charge in [0.2, 0.25) is 0 Å². The number of amides is 1. The van der Waals surface area contributed by atoms with E-state index in [1.807, 2.05) is 54.6 Å². The summed E-state index contributed by atoms with van der Waals surface area (Å²) in [6.45, 7) is 2.10. The summed E-state index contributed by atoms with van der Waals surface area (Å²) < 4.78 is 0. The van der Waals surface area contributed by atoms with Crippen LogP contribution in [0.4, 0.5) is 0 Å². The van der Waals surface area contributed by atoms with Crippen LogP contribution < -0.4 is 5.32 Å². The maximum absolute atomic E-state index is 12.6. The minimum Gasteiger partial charge on any atom is -0.329 e. The molecule has 0 unspecified atom stereocenters. The highest BCUT2D eigenvalue weighted by atomic mass is 32.2. The maximum Gasteiger partial charge on any atom is 0.253 e. The number of carbonyl (C=O) groups is 1. The third-order valence-corrected chi connectivity index (χ3v) is 5.92. The van der Waals surface area contributed by atoms with Gasteiger partial charge in [-0.25, -0.2) is 0 Å². The van der Waals surface area contributed by atoms with Gasteiger partial charge < -0.3 is 5.32 Å².